The molecule has 1 fully saturated rings. The van der Waals surface area contributed by atoms with Crippen LogP contribution in [0.15, 0.2) is 18.5 Å². The molecule has 0 bridgehead atoms. The standard InChI is InChI=1S/C11H12BrFN2O/c12-9-2-1-3-15(7-9)11(16)8-4-10(13)6-14-5-8/h4-6,9H,1-3,7H2. The van der Waals surface area contributed by atoms with Crippen molar-refractivity contribution in [2.24, 2.45) is 0 Å². The second-order valence-corrected chi connectivity index (χ2v) is 5.18. The molecule has 1 aromatic heterocycles. The van der Waals surface area contributed by atoms with E-state index in [-0.39, 0.29) is 5.91 Å². The van der Waals surface area contributed by atoms with Crippen LogP contribution < -0.4 is 0 Å². The quantitative estimate of drug-likeness (QED) is 0.742. The third kappa shape index (κ3) is 2.58. The molecular weight excluding hydrogens is 275 g/mol. The van der Waals surface area contributed by atoms with Crippen LogP contribution in [-0.2, 0) is 0 Å². The summed E-state index contributed by atoms with van der Waals surface area (Å²) in [6.07, 6.45) is 4.55. The normalized spacial score (nSPS) is 20.9. The van der Waals surface area contributed by atoms with Crippen LogP contribution in [0.4, 0.5) is 4.39 Å². The Labute approximate surface area is 102 Å². The Hall–Kier alpha value is -0.970. The fourth-order valence-electron chi connectivity index (χ4n) is 1.82. The molecule has 2 rings (SSSR count). The SMILES string of the molecule is O=C(c1cncc(F)c1)N1CCCC(Br)C1. The van der Waals surface area contributed by atoms with Crippen LogP contribution in [0.1, 0.15) is 23.2 Å². The number of alkyl halides is 1. The van der Waals surface area contributed by atoms with E-state index in [1.807, 2.05) is 0 Å². The van der Waals surface area contributed by atoms with Crippen LogP contribution in [0.2, 0.25) is 0 Å². The summed E-state index contributed by atoms with van der Waals surface area (Å²) in [6.45, 7) is 1.41. The van der Waals surface area contributed by atoms with Crippen molar-refractivity contribution in [3.63, 3.8) is 0 Å². The third-order valence-corrected chi connectivity index (χ3v) is 3.35. The summed E-state index contributed by atoms with van der Waals surface area (Å²) in [7, 11) is 0. The number of hydrogen-bond donors (Lipinski definition) is 0. The highest BCUT2D eigenvalue weighted by atomic mass is 79.9. The number of hydrogen-bond acceptors (Lipinski definition) is 2. The Bertz CT molecular complexity index is 399. The molecule has 16 heavy (non-hydrogen) atoms. The molecule has 1 amide bonds. The van der Waals surface area contributed by atoms with E-state index in [2.05, 4.69) is 20.9 Å². The minimum Gasteiger partial charge on any atom is -0.337 e. The van der Waals surface area contributed by atoms with Crippen LogP contribution in [0, 0.1) is 5.82 Å². The molecule has 1 aliphatic heterocycles. The molecule has 3 nitrogen and oxygen atoms in total. The number of amides is 1. The number of rotatable bonds is 1. The lowest BCUT2D eigenvalue weighted by atomic mass is 10.1. The topological polar surface area (TPSA) is 33.2 Å². The number of carbonyl (C=O) groups is 1. The van der Waals surface area contributed by atoms with Crippen LogP contribution in [-0.4, -0.2) is 33.7 Å². The number of halogens is 2. The number of nitrogens with zero attached hydrogens (tertiary/aromatic N) is 2. The summed E-state index contributed by atoms with van der Waals surface area (Å²) in [5.74, 6) is -0.616. The zero-order valence-electron chi connectivity index (χ0n) is 8.70. The van der Waals surface area contributed by atoms with Gasteiger partial charge in [-0.1, -0.05) is 15.9 Å². The minimum absolute atomic E-state index is 0.142. The van der Waals surface area contributed by atoms with Crippen molar-refractivity contribution in [3.8, 4) is 0 Å². The van der Waals surface area contributed by atoms with Gasteiger partial charge < -0.3 is 4.90 Å². The average molecular weight is 287 g/mol. The highest BCUT2D eigenvalue weighted by Crippen LogP contribution is 2.18. The third-order valence-electron chi connectivity index (χ3n) is 2.60. The Morgan fingerprint density at radius 1 is 1.56 bits per heavy atom. The summed E-state index contributed by atoms with van der Waals surface area (Å²) in [4.78, 5) is 17.8. The molecule has 0 saturated carbocycles. The van der Waals surface area contributed by atoms with E-state index in [1.165, 1.54) is 12.3 Å². The van der Waals surface area contributed by atoms with Gasteiger partial charge in [0.25, 0.3) is 5.91 Å². The lowest BCUT2D eigenvalue weighted by molar-refractivity contribution is 0.0729. The van der Waals surface area contributed by atoms with Crippen LogP contribution in [0.25, 0.3) is 0 Å². The highest BCUT2D eigenvalue weighted by Gasteiger charge is 2.23. The molecule has 1 aliphatic rings. The summed E-state index contributed by atoms with van der Waals surface area (Å²) in [6, 6.07) is 1.23. The predicted molar refractivity (Wildman–Crippen MR) is 62.0 cm³/mol. The Balaban J connectivity index is 2.12. The van der Waals surface area contributed by atoms with Gasteiger partial charge in [-0.15, -0.1) is 0 Å². The second kappa shape index (κ2) is 4.91. The monoisotopic (exact) mass is 286 g/mol. The number of piperidine rings is 1. The second-order valence-electron chi connectivity index (χ2n) is 3.88. The maximum Gasteiger partial charge on any atom is 0.255 e. The molecule has 0 aliphatic carbocycles. The predicted octanol–water partition coefficient (Wildman–Crippen LogP) is 2.22. The number of carbonyl (C=O) groups excluding carboxylic acids is 1. The summed E-state index contributed by atoms with van der Waals surface area (Å²) < 4.78 is 12.9. The van der Waals surface area contributed by atoms with Gasteiger partial charge in [-0.3, -0.25) is 9.78 Å². The van der Waals surface area contributed by atoms with Gasteiger partial charge in [0.05, 0.1) is 11.8 Å². The van der Waals surface area contributed by atoms with Crippen LogP contribution >= 0.6 is 15.9 Å². The van der Waals surface area contributed by atoms with E-state index in [1.54, 1.807) is 4.90 Å². The largest absolute Gasteiger partial charge is 0.337 e. The first kappa shape index (κ1) is 11.5. The Morgan fingerprint density at radius 2 is 2.38 bits per heavy atom. The molecular formula is C11H12BrFN2O. The molecule has 2 heterocycles. The van der Waals surface area contributed by atoms with E-state index >= 15 is 0 Å². The van der Waals surface area contributed by atoms with E-state index in [0.29, 0.717) is 16.9 Å². The van der Waals surface area contributed by atoms with Gasteiger partial charge in [0.15, 0.2) is 0 Å². The van der Waals surface area contributed by atoms with Crippen molar-refractivity contribution in [2.45, 2.75) is 17.7 Å². The van der Waals surface area contributed by atoms with Crippen molar-refractivity contribution >= 4 is 21.8 Å². The van der Waals surface area contributed by atoms with Gasteiger partial charge >= 0.3 is 0 Å². The van der Waals surface area contributed by atoms with Crippen LogP contribution in [0.3, 0.4) is 0 Å². The van der Waals surface area contributed by atoms with Crippen molar-refractivity contribution < 1.29 is 9.18 Å². The van der Waals surface area contributed by atoms with Crippen LogP contribution in [0.5, 0.6) is 0 Å². The fraction of sp³-hybridized carbons (Fsp3) is 0.455. The fourth-order valence-corrected chi connectivity index (χ4v) is 2.49. The molecule has 1 unspecified atom stereocenters. The first-order chi connectivity index (χ1) is 7.66. The smallest absolute Gasteiger partial charge is 0.255 e. The molecule has 0 N–H and O–H groups in total. The van der Waals surface area contributed by atoms with E-state index in [4.69, 9.17) is 0 Å². The van der Waals surface area contributed by atoms with Crippen molar-refractivity contribution in [1.82, 2.24) is 9.88 Å². The maximum atomic E-state index is 12.9. The van der Waals surface area contributed by atoms with Gasteiger partial charge in [-0.05, 0) is 18.9 Å². The number of likely N-dealkylation sites (tertiary alicyclic amines) is 1. The first-order valence-electron chi connectivity index (χ1n) is 5.20. The lowest BCUT2D eigenvalue weighted by Crippen LogP contribution is -2.40. The van der Waals surface area contributed by atoms with Gasteiger partial charge in [0.1, 0.15) is 5.82 Å². The van der Waals surface area contributed by atoms with Crippen molar-refractivity contribution in [3.05, 3.63) is 29.8 Å². The summed E-state index contributed by atoms with van der Waals surface area (Å²) in [5.41, 5.74) is 0.321. The highest BCUT2D eigenvalue weighted by molar-refractivity contribution is 9.09. The molecule has 5 heteroatoms. The molecule has 0 spiro atoms. The van der Waals surface area contributed by atoms with Gasteiger partial charge in [-0.25, -0.2) is 4.39 Å². The van der Waals surface area contributed by atoms with Crippen molar-refractivity contribution in [2.75, 3.05) is 13.1 Å². The lowest BCUT2D eigenvalue weighted by Gasteiger charge is -2.29. The molecule has 86 valence electrons. The zero-order valence-corrected chi connectivity index (χ0v) is 10.3. The van der Waals surface area contributed by atoms with E-state index < -0.39 is 5.82 Å². The van der Waals surface area contributed by atoms with Gasteiger partial charge in [0.2, 0.25) is 0 Å². The Kier molecular flexibility index (Phi) is 3.53. The molecule has 1 saturated heterocycles. The van der Waals surface area contributed by atoms with E-state index in [0.717, 1.165) is 25.6 Å². The molecule has 1 aromatic rings. The number of aromatic nitrogens is 1. The Morgan fingerprint density at radius 3 is 3.06 bits per heavy atom. The zero-order chi connectivity index (χ0) is 11.5. The average Bonchev–Trinajstić information content (AvgIpc) is 2.28. The minimum atomic E-state index is -0.474. The maximum absolute atomic E-state index is 12.9. The van der Waals surface area contributed by atoms with Gasteiger partial charge in [-0.2, -0.15) is 0 Å². The number of pyridine rings is 1. The molecule has 0 aromatic carbocycles. The summed E-state index contributed by atoms with van der Waals surface area (Å²) in [5, 5.41) is 0. The van der Waals surface area contributed by atoms with Gasteiger partial charge in [0, 0.05) is 24.1 Å². The molecule has 1 atom stereocenters. The van der Waals surface area contributed by atoms with Crippen molar-refractivity contribution in [1.29, 1.82) is 0 Å². The molecule has 0 radical (unpaired) electrons. The van der Waals surface area contributed by atoms with E-state index in [9.17, 15) is 9.18 Å². The summed E-state index contributed by atoms with van der Waals surface area (Å²) >= 11 is 3.50. The first-order valence-corrected chi connectivity index (χ1v) is 6.12.